The third-order valence-electron chi connectivity index (χ3n) is 0.843. The van der Waals surface area contributed by atoms with Gasteiger partial charge in [-0.05, 0) is 0 Å². The van der Waals surface area contributed by atoms with Crippen LogP contribution >= 0.6 is 0 Å². The van der Waals surface area contributed by atoms with Gasteiger partial charge in [0.1, 0.15) is 13.2 Å². The molecule has 0 aromatic rings. The Morgan fingerprint density at radius 1 is 1.15 bits per heavy atom. The molecule has 0 aliphatic rings. The summed E-state index contributed by atoms with van der Waals surface area (Å²) in [7, 11) is 0. The van der Waals surface area contributed by atoms with Crippen molar-refractivity contribution in [3.8, 4) is 12.1 Å². The Hall–Kier alpha value is -1.65. The first-order valence-corrected chi connectivity index (χ1v) is 3.27. The van der Waals surface area contributed by atoms with Crippen LogP contribution < -0.4 is 0 Å². The molecule has 0 saturated heterocycles. The Kier molecular flexibility index (Phi) is 7.37. The molecule has 0 bridgehead atoms. The summed E-state index contributed by atoms with van der Waals surface area (Å²) in [6, 6.07) is 3.42. The van der Waals surface area contributed by atoms with E-state index < -0.39 is 6.48 Å². The van der Waals surface area contributed by atoms with Gasteiger partial charge in [-0.15, -0.1) is 0 Å². The Bertz CT molecular complexity index is 204. The fraction of sp³-hybridized carbons (Fsp3) is 0.571. The largest absolute Gasteiger partial charge is 0.322 e. The Morgan fingerprint density at radius 3 is 2.08 bits per heavy atom. The van der Waals surface area contributed by atoms with E-state index in [0.717, 1.165) is 0 Å². The molecule has 0 fully saturated rings. The summed E-state index contributed by atoms with van der Waals surface area (Å²) in [6.07, 6.45) is 0. The molecule has 6 nitrogen and oxygen atoms in total. The first-order valence-electron chi connectivity index (χ1n) is 3.27. The maximum atomic E-state index is 8.15. The number of hydrogen-bond acceptors (Lipinski definition) is 5. The number of nitrogens with zero attached hydrogens (tertiary/aromatic N) is 3. The minimum atomic E-state index is -1.12. The summed E-state index contributed by atoms with van der Waals surface area (Å²) in [6.45, 7) is 4.63. The highest BCUT2D eigenvalue weighted by molar-refractivity contribution is 4.68. The molecule has 0 N–H and O–H groups in total. The van der Waals surface area contributed by atoms with Crippen molar-refractivity contribution in [1.82, 2.24) is 0 Å². The predicted molar refractivity (Wildman–Crippen MR) is 39.5 cm³/mol. The quantitative estimate of drug-likeness (QED) is 0.433. The molecule has 6 heteroatoms. The van der Waals surface area contributed by atoms with E-state index >= 15 is 0 Å². The molecule has 0 aromatic heterocycles. The van der Waals surface area contributed by atoms with Crippen molar-refractivity contribution in [3.05, 3.63) is 11.4 Å². The maximum absolute atomic E-state index is 8.15. The smallest absolute Gasteiger partial charge is 0.314 e. The number of nitriles is 2. The normalized spacial score (nSPS) is 8.77. The molecule has 0 radical (unpaired) electrons. The maximum Gasteiger partial charge on any atom is 0.322 e. The standard InChI is InChI=1S/C7H7N3O3/c1-10-6-13-7(11-4-2-8)12-5-3-9/h7H,4-6H2. The summed E-state index contributed by atoms with van der Waals surface area (Å²) >= 11 is 0. The van der Waals surface area contributed by atoms with Gasteiger partial charge in [-0.25, -0.2) is 6.57 Å². The predicted octanol–water partition coefficient (Wildman–Crippen LogP) is 0.244. The lowest BCUT2D eigenvalue weighted by Gasteiger charge is -2.11. The van der Waals surface area contributed by atoms with Gasteiger partial charge in [0, 0.05) is 0 Å². The van der Waals surface area contributed by atoms with Gasteiger partial charge >= 0.3 is 6.73 Å². The van der Waals surface area contributed by atoms with Crippen LogP contribution in [0.15, 0.2) is 0 Å². The molecule has 0 rings (SSSR count). The summed E-state index contributed by atoms with van der Waals surface area (Å²) in [5.74, 6) is 0. The van der Waals surface area contributed by atoms with E-state index in [1.54, 1.807) is 12.1 Å². The molecule has 0 saturated carbocycles. The second-order valence-electron chi connectivity index (χ2n) is 1.68. The van der Waals surface area contributed by atoms with Gasteiger partial charge in [0.2, 0.25) is 0 Å². The van der Waals surface area contributed by atoms with Crippen molar-refractivity contribution in [2.45, 2.75) is 6.48 Å². The average molecular weight is 181 g/mol. The number of hydrogen-bond donors (Lipinski definition) is 0. The van der Waals surface area contributed by atoms with Gasteiger partial charge in [-0.1, -0.05) is 0 Å². The van der Waals surface area contributed by atoms with Crippen LogP contribution in [-0.2, 0) is 14.2 Å². The van der Waals surface area contributed by atoms with Crippen LogP contribution in [0.2, 0.25) is 0 Å². The van der Waals surface area contributed by atoms with Crippen LogP contribution in [0.3, 0.4) is 0 Å². The van der Waals surface area contributed by atoms with Crippen LogP contribution in [0, 0.1) is 29.2 Å². The van der Waals surface area contributed by atoms with Gasteiger partial charge in [0.05, 0.1) is 12.1 Å². The minimum absolute atomic E-state index is 0.214. The van der Waals surface area contributed by atoms with Crippen LogP contribution in [0.5, 0.6) is 0 Å². The monoisotopic (exact) mass is 181 g/mol. The van der Waals surface area contributed by atoms with Crippen molar-refractivity contribution in [3.63, 3.8) is 0 Å². The highest BCUT2D eigenvalue weighted by atomic mass is 16.8. The molecule has 0 aliphatic heterocycles. The van der Waals surface area contributed by atoms with Gasteiger partial charge in [0.25, 0.3) is 6.48 Å². The molecule has 0 spiro atoms. The zero-order valence-corrected chi connectivity index (χ0v) is 6.77. The van der Waals surface area contributed by atoms with E-state index in [0.29, 0.717) is 0 Å². The van der Waals surface area contributed by atoms with Crippen LogP contribution in [0.1, 0.15) is 0 Å². The van der Waals surface area contributed by atoms with E-state index in [9.17, 15) is 0 Å². The number of rotatable bonds is 6. The lowest BCUT2D eigenvalue weighted by atomic mass is 10.8. The Morgan fingerprint density at radius 2 is 1.69 bits per heavy atom. The van der Waals surface area contributed by atoms with Crippen molar-refractivity contribution in [2.75, 3.05) is 19.9 Å². The lowest BCUT2D eigenvalue weighted by molar-refractivity contribution is -0.273. The molecule has 13 heavy (non-hydrogen) atoms. The SMILES string of the molecule is [C-]#[N+]COC(OCC#N)OCC#N. The molecule has 0 atom stereocenters. The Balaban J connectivity index is 3.70. The highest BCUT2D eigenvalue weighted by Gasteiger charge is 2.09. The molecular formula is C7H7N3O3. The zero-order valence-electron chi connectivity index (χ0n) is 6.77. The van der Waals surface area contributed by atoms with Gasteiger partial charge in [0.15, 0.2) is 0 Å². The average Bonchev–Trinajstić information content (AvgIpc) is 2.17. The molecule has 0 aliphatic carbocycles. The van der Waals surface area contributed by atoms with E-state index in [1.807, 2.05) is 0 Å². The summed E-state index contributed by atoms with van der Waals surface area (Å²) in [4.78, 5) is 2.89. The molecular weight excluding hydrogens is 174 g/mol. The van der Waals surface area contributed by atoms with E-state index in [1.165, 1.54) is 0 Å². The topological polar surface area (TPSA) is 79.6 Å². The van der Waals surface area contributed by atoms with Crippen molar-refractivity contribution in [1.29, 1.82) is 10.5 Å². The first kappa shape index (κ1) is 11.4. The van der Waals surface area contributed by atoms with E-state index in [-0.39, 0.29) is 19.9 Å². The Labute approximate surface area is 75.7 Å². The fourth-order valence-electron chi connectivity index (χ4n) is 0.453. The molecule has 0 unspecified atom stereocenters. The lowest BCUT2D eigenvalue weighted by Crippen LogP contribution is -2.21. The third-order valence-corrected chi connectivity index (χ3v) is 0.843. The second-order valence-corrected chi connectivity index (χ2v) is 1.68. The number of ether oxygens (including phenoxy) is 3. The molecule has 0 aromatic carbocycles. The van der Waals surface area contributed by atoms with E-state index in [4.69, 9.17) is 31.3 Å². The first-order chi connectivity index (χ1) is 6.35. The second kappa shape index (κ2) is 8.45. The molecule has 0 heterocycles. The van der Waals surface area contributed by atoms with Crippen molar-refractivity contribution < 1.29 is 14.2 Å². The van der Waals surface area contributed by atoms with Gasteiger partial charge < -0.3 is 9.47 Å². The zero-order chi connectivity index (χ0) is 9.94. The summed E-state index contributed by atoms with van der Waals surface area (Å²) < 4.78 is 14.1. The van der Waals surface area contributed by atoms with Crippen LogP contribution in [-0.4, -0.2) is 26.4 Å². The fourth-order valence-corrected chi connectivity index (χ4v) is 0.453. The molecule has 68 valence electrons. The summed E-state index contributed by atoms with van der Waals surface area (Å²) in [5.41, 5.74) is 0. The van der Waals surface area contributed by atoms with Crippen molar-refractivity contribution in [2.24, 2.45) is 0 Å². The van der Waals surface area contributed by atoms with Crippen molar-refractivity contribution >= 4 is 0 Å². The van der Waals surface area contributed by atoms with Crippen LogP contribution in [0.25, 0.3) is 4.85 Å². The molecule has 0 amide bonds. The third kappa shape index (κ3) is 6.74. The van der Waals surface area contributed by atoms with Crippen LogP contribution in [0.4, 0.5) is 0 Å². The van der Waals surface area contributed by atoms with Gasteiger partial charge in [-0.2, -0.15) is 10.5 Å². The van der Waals surface area contributed by atoms with Gasteiger partial charge in [-0.3, -0.25) is 9.58 Å². The minimum Gasteiger partial charge on any atom is -0.314 e. The van der Waals surface area contributed by atoms with E-state index in [2.05, 4.69) is 4.85 Å². The summed E-state index contributed by atoms with van der Waals surface area (Å²) in [5, 5.41) is 16.3. The highest BCUT2D eigenvalue weighted by Crippen LogP contribution is 1.96.